The maximum atomic E-state index is 2.66. The lowest BCUT2D eigenvalue weighted by atomic mass is 10.2. The predicted molar refractivity (Wildman–Crippen MR) is 57.8 cm³/mol. The highest BCUT2D eigenvalue weighted by molar-refractivity contribution is 4.87. The minimum atomic E-state index is 0.708. The second kappa shape index (κ2) is 4.97. The third kappa shape index (κ3) is 2.05. The van der Waals surface area contributed by atoms with E-state index in [0.29, 0.717) is 6.17 Å². The zero-order chi connectivity index (χ0) is 9.84. The predicted octanol–water partition coefficient (Wildman–Crippen LogP) is 2.16. The molecule has 0 aromatic heterocycles. The van der Waals surface area contributed by atoms with Gasteiger partial charge in [-0.25, -0.2) is 0 Å². The molecule has 0 bridgehead atoms. The van der Waals surface area contributed by atoms with Crippen LogP contribution in [-0.2, 0) is 0 Å². The number of hydrogen-bond donors (Lipinski definition) is 0. The van der Waals surface area contributed by atoms with E-state index in [-0.39, 0.29) is 0 Å². The topological polar surface area (TPSA) is 6.48 Å². The maximum Gasteiger partial charge on any atom is 0.0622 e. The van der Waals surface area contributed by atoms with Crippen LogP contribution in [0.3, 0.4) is 0 Å². The van der Waals surface area contributed by atoms with Crippen LogP contribution in [0, 0.1) is 0 Å². The number of hydrogen-bond acceptors (Lipinski definition) is 2. The number of rotatable bonds is 4. The minimum Gasteiger partial charge on any atom is -0.287 e. The fourth-order valence-corrected chi connectivity index (χ4v) is 2.62. The van der Waals surface area contributed by atoms with Crippen molar-refractivity contribution >= 4 is 0 Å². The summed E-state index contributed by atoms with van der Waals surface area (Å²) in [6, 6.07) is 0.801. The highest BCUT2D eigenvalue weighted by atomic mass is 15.4. The summed E-state index contributed by atoms with van der Waals surface area (Å²) in [5.41, 5.74) is 0. The molecule has 0 aromatic carbocycles. The Morgan fingerprint density at radius 3 is 2.08 bits per heavy atom. The van der Waals surface area contributed by atoms with Crippen molar-refractivity contribution in [3.8, 4) is 0 Å². The van der Waals surface area contributed by atoms with Crippen LogP contribution in [0.4, 0.5) is 0 Å². The Morgan fingerprint density at radius 2 is 1.69 bits per heavy atom. The highest BCUT2D eigenvalue weighted by Crippen LogP contribution is 2.23. The average Bonchev–Trinajstić information content (AvgIpc) is 2.54. The molecule has 0 radical (unpaired) electrons. The van der Waals surface area contributed by atoms with Crippen LogP contribution in [0.1, 0.15) is 40.5 Å². The summed E-state index contributed by atoms with van der Waals surface area (Å²) < 4.78 is 0. The molecule has 0 aromatic rings. The van der Waals surface area contributed by atoms with Crippen LogP contribution < -0.4 is 0 Å². The normalized spacial score (nSPS) is 31.4. The van der Waals surface area contributed by atoms with Crippen molar-refractivity contribution in [2.24, 2.45) is 0 Å². The molecule has 1 saturated heterocycles. The van der Waals surface area contributed by atoms with Crippen molar-refractivity contribution in [3.05, 3.63) is 0 Å². The quantitative estimate of drug-likeness (QED) is 0.660. The van der Waals surface area contributed by atoms with Crippen LogP contribution >= 0.6 is 0 Å². The smallest absolute Gasteiger partial charge is 0.0622 e. The molecular weight excluding hydrogens is 160 g/mol. The molecule has 0 N–H and O–H groups in total. The lowest BCUT2D eigenvalue weighted by Gasteiger charge is -2.29. The van der Waals surface area contributed by atoms with Gasteiger partial charge in [-0.1, -0.05) is 27.7 Å². The van der Waals surface area contributed by atoms with Crippen molar-refractivity contribution in [3.63, 3.8) is 0 Å². The van der Waals surface area contributed by atoms with E-state index in [1.165, 1.54) is 32.5 Å². The SMILES string of the molecule is CCC1CN(CC)C(CC)N1CC. The van der Waals surface area contributed by atoms with Crippen LogP contribution in [0.25, 0.3) is 0 Å². The summed E-state index contributed by atoms with van der Waals surface area (Å²) in [7, 11) is 0. The molecule has 0 saturated carbocycles. The van der Waals surface area contributed by atoms with Crippen molar-refractivity contribution in [1.82, 2.24) is 9.80 Å². The van der Waals surface area contributed by atoms with Gasteiger partial charge in [0.25, 0.3) is 0 Å². The first-order chi connectivity index (χ1) is 6.28. The zero-order valence-corrected chi connectivity index (χ0v) is 9.58. The Hall–Kier alpha value is -0.0800. The van der Waals surface area contributed by atoms with Gasteiger partial charge in [0, 0.05) is 12.6 Å². The van der Waals surface area contributed by atoms with Crippen molar-refractivity contribution in [2.45, 2.75) is 52.7 Å². The molecule has 2 nitrogen and oxygen atoms in total. The van der Waals surface area contributed by atoms with Gasteiger partial charge in [-0.05, 0) is 25.9 Å². The van der Waals surface area contributed by atoms with Gasteiger partial charge in [-0.3, -0.25) is 9.80 Å². The monoisotopic (exact) mass is 184 g/mol. The number of likely N-dealkylation sites (N-methyl/N-ethyl adjacent to an activating group) is 2. The van der Waals surface area contributed by atoms with Crippen LogP contribution in [0.2, 0.25) is 0 Å². The van der Waals surface area contributed by atoms with Gasteiger partial charge in [0.1, 0.15) is 0 Å². The van der Waals surface area contributed by atoms with Gasteiger partial charge in [-0.15, -0.1) is 0 Å². The molecule has 1 heterocycles. The Balaban J connectivity index is 2.65. The second-order valence-electron chi connectivity index (χ2n) is 3.87. The van der Waals surface area contributed by atoms with Crippen LogP contribution in [0.15, 0.2) is 0 Å². The van der Waals surface area contributed by atoms with Crippen molar-refractivity contribution in [2.75, 3.05) is 19.6 Å². The van der Waals surface area contributed by atoms with E-state index in [2.05, 4.69) is 37.5 Å². The fourth-order valence-electron chi connectivity index (χ4n) is 2.62. The molecule has 1 rings (SSSR count). The molecular formula is C11H24N2. The van der Waals surface area contributed by atoms with Crippen LogP contribution in [0.5, 0.6) is 0 Å². The highest BCUT2D eigenvalue weighted by Gasteiger charge is 2.34. The van der Waals surface area contributed by atoms with Crippen molar-refractivity contribution < 1.29 is 0 Å². The third-order valence-corrected chi connectivity index (χ3v) is 3.33. The summed E-state index contributed by atoms with van der Waals surface area (Å²) in [4.78, 5) is 5.27. The molecule has 1 fully saturated rings. The zero-order valence-electron chi connectivity index (χ0n) is 9.58. The third-order valence-electron chi connectivity index (χ3n) is 3.33. The molecule has 0 spiro atoms. The van der Waals surface area contributed by atoms with E-state index >= 15 is 0 Å². The summed E-state index contributed by atoms with van der Waals surface area (Å²) in [6.45, 7) is 12.8. The van der Waals surface area contributed by atoms with Gasteiger partial charge in [0.15, 0.2) is 0 Å². The van der Waals surface area contributed by atoms with Gasteiger partial charge in [-0.2, -0.15) is 0 Å². The largest absolute Gasteiger partial charge is 0.287 e. The van der Waals surface area contributed by atoms with Gasteiger partial charge in [0.2, 0.25) is 0 Å². The standard InChI is InChI=1S/C11H24N2/c1-5-10-9-12(7-3)11(6-2)13(10)8-4/h10-11H,5-9H2,1-4H3. The molecule has 1 aliphatic heterocycles. The van der Waals surface area contributed by atoms with E-state index in [9.17, 15) is 0 Å². The second-order valence-corrected chi connectivity index (χ2v) is 3.87. The first kappa shape index (κ1) is 11.0. The lowest BCUT2D eigenvalue weighted by molar-refractivity contribution is 0.125. The van der Waals surface area contributed by atoms with Crippen molar-refractivity contribution in [1.29, 1.82) is 0 Å². The lowest BCUT2D eigenvalue weighted by Crippen LogP contribution is -2.39. The van der Waals surface area contributed by atoms with E-state index in [1.54, 1.807) is 0 Å². The minimum absolute atomic E-state index is 0.708. The molecule has 2 heteroatoms. The average molecular weight is 184 g/mol. The summed E-state index contributed by atoms with van der Waals surface area (Å²) in [5, 5.41) is 0. The molecule has 1 aliphatic rings. The Bertz CT molecular complexity index is 131. The maximum absolute atomic E-state index is 2.66. The summed E-state index contributed by atoms with van der Waals surface area (Å²) >= 11 is 0. The Morgan fingerprint density at radius 1 is 1.00 bits per heavy atom. The van der Waals surface area contributed by atoms with E-state index in [1.807, 2.05) is 0 Å². The number of nitrogens with zero attached hydrogens (tertiary/aromatic N) is 2. The van der Waals surface area contributed by atoms with E-state index < -0.39 is 0 Å². The molecule has 2 atom stereocenters. The molecule has 78 valence electrons. The van der Waals surface area contributed by atoms with E-state index in [4.69, 9.17) is 0 Å². The van der Waals surface area contributed by atoms with Gasteiger partial charge >= 0.3 is 0 Å². The summed E-state index contributed by atoms with van der Waals surface area (Å²) in [5.74, 6) is 0. The Labute approximate surface area is 82.9 Å². The molecule has 0 amide bonds. The fraction of sp³-hybridized carbons (Fsp3) is 1.00. The first-order valence-corrected chi connectivity index (χ1v) is 5.78. The van der Waals surface area contributed by atoms with Gasteiger partial charge < -0.3 is 0 Å². The first-order valence-electron chi connectivity index (χ1n) is 5.78. The molecule has 13 heavy (non-hydrogen) atoms. The Kier molecular flexibility index (Phi) is 4.20. The van der Waals surface area contributed by atoms with E-state index in [0.717, 1.165) is 6.04 Å². The van der Waals surface area contributed by atoms with Crippen LogP contribution in [-0.4, -0.2) is 41.6 Å². The van der Waals surface area contributed by atoms with Gasteiger partial charge in [0.05, 0.1) is 6.17 Å². The summed E-state index contributed by atoms with van der Waals surface area (Å²) in [6.07, 6.45) is 3.26. The molecule has 0 aliphatic carbocycles. The molecule has 2 unspecified atom stereocenters.